The molecule has 0 aromatic carbocycles. The average molecular weight is 267 g/mol. The normalized spacial score (nSPS) is 11.8. The first-order chi connectivity index (χ1) is 8.44. The summed E-state index contributed by atoms with van der Waals surface area (Å²) in [6, 6.07) is 0. The Balaban J connectivity index is 2.16. The highest BCUT2D eigenvalue weighted by Crippen LogP contribution is 2.22. The van der Waals surface area contributed by atoms with Crippen LogP contribution in [0.4, 0.5) is 17.6 Å². The number of unbranched alkanes of at least 4 members (excludes halogenated alkanes) is 1. The Morgan fingerprint density at radius 2 is 2.11 bits per heavy atom. The van der Waals surface area contributed by atoms with Crippen molar-refractivity contribution >= 4 is 5.91 Å². The molecule has 0 spiro atoms. The van der Waals surface area contributed by atoms with Crippen LogP contribution in [0, 0.1) is 0 Å². The van der Waals surface area contributed by atoms with Gasteiger partial charge in [0.05, 0.1) is 6.33 Å². The molecule has 0 radical (unpaired) electrons. The molecule has 0 saturated heterocycles. The molecular formula is C10H13F4N3O. The predicted octanol–water partition coefficient (Wildman–Crippen LogP) is 1.68. The van der Waals surface area contributed by atoms with Gasteiger partial charge in [-0.15, -0.1) is 0 Å². The zero-order valence-electron chi connectivity index (χ0n) is 9.45. The van der Waals surface area contributed by atoms with E-state index in [1.165, 1.54) is 0 Å². The fourth-order valence-electron chi connectivity index (χ4n) is 1.26. The minimum Gasteiger partial charge on any atom is -0.351 e. The molecule has 0 unspecified atom stereocenters. The Kier molecular flexibility index (Phi) is 5.11. The lowest BCUT2D eigenvalue weighted by molar-refractivity contribution is -0.169. The van der Waals surface area contributed by atoms with E-state index >= 15 is 0 Å². The summed E-state index contributed by atoms with van der Waals surface area (Å²) < 4.78 is 50.4. The highest BCUT2D eigenvalue weighted by atomic mass is 19.3. The number of rotatable bonds is 7. The van der Waals surface area contributed by atoms with Crippen LogP contribution in [0.2, 0.25) is 0 Å². The number of nitrogens with one attached hydrogen (secondary N) is 1. The summed E-state index contributed by atoms with van der Waals surface area (Å²) >= 11 is 0. The van der Waals surface area contributed by atoms with Gasteiger partial charge in [-0.25, -0.2) is 13.8 Å². The van der Waals surface area contributed by atoms with Crippen molar-refractivity contribution in [3.05, 3.63) is 18.7 Å². The monoisotopic (exact) mass is 267 g/mol. The van der Waals surface area contributed by atoms with E-state index in [1.807, 2.05) is 0 Å². The molecule has 0 atom stereocenters. The van der Waals surface area contributed by atoms with Crippen molar-refractivity contribution in [3.63, 3.8) is 0 Å². The lowest BCUT2D eigenvalue weighted by Gasteiger charge is -2.14. The van der Waals surface area contributed by atoms with E-state index in [1.54, 1.807) is 28.6 Å². The SMILES string of the molecule is O=C(NCCCCn1ccnc1)C(F)(F)C(F)F. The third kappa shape index (κ3) is 4.01. The number of nitrogens with zero attached hydrogens (tertiary/aromatic N) is 2. The largest absolute Gasteiger partial charge is 0.383 e. The summed E-state index contributed by atoms with van der Waals surface area (Å²) in [6.45, 7) is 0.566. The first-order valence-electron chi connectivity index (χ1n) is 5.34. The van der Waals surface area contributed by atoms with E-state index in [2.05, 4.69) is 4.98 Å². The number of hydrogen-bond donors (Lipinski definition) is 1. The molecule has 8 heteroatoms. The minimum absolute atomic E-state index is 0.0597. The van der Waals surface area contributed by atoms with Gasteiger partial charge in [0.25, 0.3) is 5.91 Å². The number of imidazole rings is 1. The van der Waals surface area contributed by atoms with E-state index in [-0.39, 0.29) is 6.54 Å². The van der Waals surface area contributed by atoms with E-state index in [0.29, 0.717) is 19.4 Å². The number of aromatic nitrogens is 2. The van der Waals surface area contributed by atoms with Crippen molar-refractivity contribution in [2.24, 2.45) is 0 Å². The van der Waals surface area contributed by atoms with Crippen LogP contribution in [0.3, 0.4) is 0 Å². The standard InChI is InChI=1S/C10H13F4N3O/c11-8(12)10(13,14)9(18)16-3-1-2-5-17-6-4-15-7-17/h4,6-8H,1-3,5H2,(H,16,18). The molecule has 0 aliphatic carbocycles. The lowest BCUT2D eigenvalue weighted by atomic mass is 10.3. The Morgan fingerprint density at radius 1 is 1.39 bits per heavy atom. The second-order valence-corrected chi connectivity index (χ2v) is 3.69. The maximum Gasteiger partial charge on any atom is 0.383 e. The Bertz CT molecular complexity index is 367. The number of carbonyl (C=O) groups is 1. The van der Waals surface area contributed by atoms with Gasteiger partial charge >= 0.3 is 12.3 Å². The molecule has 1 rings (SSSR count). The third-order valence-corrected chi connectivity index (χ3v) is 2.26. The maximum atomic E-state index is 12.5. The van der Waals surface area contributed by atoms with Crippen molar-refractivity contribution in [2.75, 3.05) is 6.54 Å². The molecule has 4 nitrogen and oxygen atoms in total. The summed E-state index contributed by atoms with van der Waals surface area (Å²) in [5.74, 6) is -6.55. The van der Waals surface area contributed by atoms with Gasteiger partial charge in [-0.05, 0) is 12.8 Å². The molecule has 0 aliphatic rings. The molecule has 0 aliphatic heterocycles. The van der Waals surface area contributed by atoms with E-state index in [4.69, 9.17) is 0 Å². The molecule has 18 heavy (non-hydrogen) atoms. The lowest BCUT2D eigenvalue weighted by Crippen LogP contribution is -2.45. The molecule has 0 saturated carbocycles. The number of hydrogen-bond acceptors (Lipinski definition) is 2. The van der Waals surface area contributed by atoms with Crippen molar-refractivity contribution in [1.29, 1.82) is 0 Å². The van der Waals surface area contributed by atoms with Gasteiger partial charge in [0.1, 0.15) is 0 Å². The molecular weight excluding hydrogens is 254 g/mol. The molecule has 1 heterocycles. The molecule has 0 fully saturated rings. The summed E-state index contributed by atoms with van der Waals surface area (Å²) in [4.78, 5) is 14.6. The van der Waals surface area contributed by atoms with E-state index in [0.717, 1.165) is 0 Å². The zero-order valence-corrected chi connectivity index (χ0v) is 9.45. The van der Waals surface area contributed by atoms with Gasteiger partial charge in [0.2, 0.25) is 0 Å². The van der Waals surface area contributed by atoms with Gasteiger partial charge in [-0.1, -0.05) is 0 Å². The molecule has 1 N–H and O–H groups in total. The van der Waals surface area contributed by atoms with Gasteiger partial charge in [-0.3, -0.25) is 4.79 Å². The zero-order chi connectivity index (χ0) is 13.6. The Morgan fingerprint density at radius 3 is 2.67 bits per heavy atom. The third-order valence-electron chi connectivity index (χ3n) is 2.26. The van der Waals surface area contributed by atoms with Gasteiger partial charge in [0, 0.05) is 25.5 Å². The van der Waals surface area contributed by atoms with Crippen LogP contribution in [0.1, 0.15) is 12.8 Å². The van der Waals surface area contributed by atoms with Crippen molar-refractivity contribution in [1.82, 2.24) is 14.9 Å². The highest BCUT2D eigenvalue weighted by Gasteiger charge is 2.48. The highest BCUT2D eigenvalue weighted by molar-refractivity contribution is 5.83. The van der Waals surface area contributed by atoms with Crippen LogP contribution in [-0.4, -0.2) is 34.4 Å². The average Bonchev–Trinajstić information content (AvgIpc) is 2.81. The smallest absolute Gasteiger partial charge is 0.351 e. The van der Waals surface area contributed by atoms with Gasteiger partial charge in [-0.2, -0.15) is 8.78 Å². The van der Waals surface area contributed by atoms with Crippen LogP contribution in [0.5, 0.6) is 0 Å². The first-order valence-corrected chi connectivity index (χ1v) is 5.34. The van der Waals surface area contributed by atoms with E-state index < -0.39 is 18.3 Å². The van der Waals surface area contributed by atoms with Crippen molar-refractivity contribution in [2.45, 2.75) is 31.7 Å². The van der Waals surface area contributed by atoms with Crippen LogP contribution < -0.4 is 5.32 Å². The number of aryl methyl sites for hydroxylation is 1. The van der Waals surface area contributed by atoms with Crippen LogP contribution in [-0.2, 0) is 11.3 Å². The second-order valence-electron chi connectivity index (χ2n) is 3.69. The fraction of sp³-hybridized carbons (Fsp3) is 0.600. The van der Waals surface area contributed by atoms with Crippen LogP contribution in [0.15, 0.2) is 18.7 Å². The second kappa shape index (κ2) is 6.36. The summed E-state index contributed by atoms with van der Waals surface area (Å²) in [6.07, 6.45) is 2.00. The van der Waals surface area contributed by atoms with Gasteiger partial charge in [0.15, 0.2) is 0 Å². The van der Waals surface area contributed by atoms with E-state index in [9.17, 15) is 22.4 Å². The van der Waals surface area contributed by atoms with Crippen molar-refractivity contribution in [3.8, 4) is 0 Å². The molecule has 102 valence electrons. The van der Waals surface area contributed by atoms with Gasteiger partial charge < -0.3 is 9.88 Å². The quantitative estimate of drug-likeness (QED) is 0.603. The molecule has 1 aromatic rings. The number of alkyl halides is 4. The molecule has 1 amide bonds. The Labute approximate surface area is 101 Å². The number of amides is 1. The van der Waals surface area contributed by atoms with Crippen LogP contribution >= 0.6 is 0 Å². The minimum atomic E-state index is -4.62. The fourth-order valence-corrected chi connectivity index (χ4v) is 1.26. The van der Waals surface area contributed by atoms with Crippen molar-refractivity contribution < 1.29 is 22.4 Å². The maximum absolute atomic E-state index is 12.5. The van der Waals surface area contributed by atoms with Crippen LogP contribution in [0.25, 0.3) is 0 Å². The summed E-state index contributed by atoms with van der Waals surface area (Å²) in [5, 5.41) is 1.79. The Hall–Kier alpha value is -1.60. The number of carbonyl (C=O) groups excluding carboxylic acids is 1. The summed E-state index contributed by atoms with van der Waals surface area (Å²) in [7, 11) is 0. The molecule has 1 aromatic heterocycles. The first kappa shape index (κ1) is 14.5. The molecule has 0 bridgehead atoms. The topological polar surface area (TPSA) is 46.9 Å². The predicted molar refractivity (Wildman–Crippen MR) is 55.4 cm³/mol. The number of halogens is 4. The summed E-state index contributed by atoms with van der Waals surface area (Å²) in [5.41, 5.74) is 0.